The highest BCUT2D eigenvalue weighted by molar-refractivity contribution is 5.85. The molecule has 0 saturated carbocycles. The largest absolute Gasteiger partial charge is 0.513 e. The molecule has 4 atom stereocenters. The molecular formula is C18H29ClN3O2+. The van der Waals surface area contributed by atoms with Crippen molar-refractivity contribution in [3.8, 4) is 0 Å². The van der Waals surface area contributed by atoms with Gasteiger partial charge in [0, 0.05) is 38.0 Å². The van der Waals surface area contributed by atoms with Gasteiger partial charge >= 0.3 is 6.09 Å². The summed E-state index contributed by atoms with van der Waals surface area (Å²) in [5.74, 6) is 0.264. The van der Waals surface area contributed by atoms with Crippen molar-refractivity contribution in [2.45, 2.75) is 37.9 Å². The number of quaternary nitrogens is 1. The second kappa shape index (κ2) is 7.83. The molecule has 3 N–H and O–H groups in total. The highest BCUT2D eigenvalue weighted by Gasteiger charge is 2.50. The van der Waals surface area contributed by atoms with Crippen LogP contribution in [0.3, 0.4) is 0 Å². The van der Waals surface area contributed by atoms with Gasteiger partial charge in [-0.2, -0.15) is 4.79 Å². The van der Waals surface area contributed by atoms with Crippen LogP contribution in [0.2, 0.25) is 0 Å². The van der Waals surface area contributed by atoms with Gasteiger partial charge in [-0.15, -0.1) is 12.4 Å². The van der Waals surface area contributed by atoms with E-state index < -0.39 is 6.09 Å². The van der Waals surface area contributed by atoms with E-state index in [2.05, 4.69) is 29.2 Å². The minimum absolute atomic E-state index is 0. The zero-order valence-corrected chi connectivity index (χ0v) is 15.1. The number of hydrogen-bond acceptors (Lipinski definition) is 3. The van der Waals surface area contributed by atoms with Crippen molar-refractivity contribution in [2.75, 3.05) is 26.7 Å². The fraction of sp³-hybridized carbons (Fsp3) is 0.611. The number of likely N-dealkylation sites (tertiary alicyclic amines) is 2. The van der Waals surface area contributed by atoms with Crippen molar-refractivity contribution in [2.24, 2.45) is 11.7 Å². The first kappa shape index (κ1) is 19.2. The number of carboxylic acid groups (broad SMARTS) is 1. The molecule has 2 saturated heterocycles. The molecule has 3 unspecified atom stereocenters. The quantitative estimate of drug-likeness (QED) is 0.819. The van der Waals surface area contributed by atoms with Crippen LogP contribution < -0.4 is 5.73 Å². The molecule has 0 bridgehead atoms. The number of amides is 1. The molecule has 1 amide bonds. The first-order valence-electron chi connectivity index (χ1n) is 8.61. The smallest absolute Gasteiger partial charge is 0.435 e. The number of nitrogens with two attached hydrogens (primary N) is 1. The predicted octanol–water partition coefficient (Wildman–Crippen LogP) is 2.54. The van der Waals surface area contributed by atoms with Crippen molar-refractivity contribution in [1.82, 2.24) is 4.90 Å². The third-order valence-electron chi connectivity index (χ3n) is 5.77. The van der Waals surface area contributed by atoms with E-state index in [9.17, 15) is 9.90 Å². The molecule has 1 aromatic rings. The molecule has 5 nitrogen and oxygen atoms in total. The third-order valence-corrected chi connectivity index (χ3v) is 5.77. The van der Waals surface area contributed by atoms with Crippen LogP contribution in [-0.4, -0.2) is 59.3 Å². The third kappa shape index (κ3) is 3.75. The number of benzene rings is 1. The summed E-state index contributed by atoms with van der Waals surface area (Å²) in [6, 6.07) is 10.6. The zero-order valence-electron chi connectivity index (χ0n) is 14.3. The van der Waals surface area contributed by atoms with Crippen molar-refractivity contribution < 1.29 is 14.4 Å². The lowest BCUT2D eigenvalue weighted by Gasteiger charge is -2.43. The van der Waals surface area contributed by atoms with Crippen LogP contribution in [0.15, 0.2) is 30.3 Å². The van der Waals surface area contributed by atoms with Crippen LogP contribution in [0.5, 0.6) is 0 Å². The van der Waals surface area contributed by atoms with Gasteiger partial charge in [0.25, 0.3) is 0 Å². The summed E-state index contributed by atoms with van der Waals surface area (Å²) in [7, 11) is 1.87. The average Bonchev–Trinajstić information content (AvgIpc) is 2.89. The van der Waals surface area contributed by atoms with E-state index in [1.54, 1.807) is 0 Å². The van der Waals surface area contributed by atoms with Gasteiger partial charge in [0.2, 0.25) is 0 Å². The molecule has 0 aliphatic carbocycles. The minimum Gasteiger partial charge on any atom is -0.435 e. The molecule has 0 aromatic heterocycles. The van der Waals surface area contributed by atoms with Gasteiger partial charge in [0.05, 0.1) is 13.6 Å². The maximum absolute atomic E-state index is 11.8. The SMILES string of the molecule is C[N+]1(C(=O)O)CCCCC1C1CN(Cc2ccccc2)C[C@@H]1N.Cl. The Morgan fingerprint density at radius 2 is 2.00 bits per heavy atom. The molecule has 2 aliphatic rings. The Morgan fingerprint density at radius 1 is 1.29 bits per heavy atom. The summed E-state index contributed by atoms with van der Waals surface area (Å²) in [4.78, 5) is 14.2. The van der Waals surface area contributed by atoms with Crippen molar-refractivity contribution >= 4 is 18.5 Å². The lowest BCUT2D eigenvalue weighted by molar-refractivity contribution is -0.873. The fourth-order valence-electron chi connectivity index (χ4n) is 4.44. The van der Waals surface area contributed by atoms with Gasteiger partial charge in [-0.3, -0.25) is 4.90 Å². The lowest BCUT2D eigenvalue weighted by Crippen LogP contribution is -2.63. The monoisotopic (exact) mass is 354 g/mol. The second-order valence-electron chi connectivity index (χ2n) is 7.34. The highest BCUT2D eigenvalue weighted by Crippen LogP contribution is 2.34. The summed E-state index contributed by atoms with van der Waals surface area (Å²) in [6.07, 6.45) is 2.38. The average molecular weight is 355 g/mol. The van der Waals surface area contributed by atoms with E-state index in [1.165, 1.54) is 5.56 Å². The number of rotatable bonds is 3. The molecular weight excluding hydrogens is 326 g/mol. The summed E-state index contributed by atoms with van der Waals surface area (Å²) < 4.78 is 0.136. The second-order valence-corrected chi connectivity index (χ2v) is 7.34. The minimum atomic E-state index is -0.705. The van der Waals surface area contributed by atoms with E-state index in [0.29, 0.717) is 0 Å². The molecule has 134 valence electrons. The van der Waals surface area contributed by atoms with E-state index in [-0.39, 0.29) is 34.9 Å². The van der Waals surface area contributed by atoms with Gasteiger partial charge in [-0.1, -0.05) is 30.3 Å². The Labute approximate surface area is 150 Å². The Bertz CT molecular complexity index is 556. The standard InChI is InChI=1S/C18H27N3O2.ClH/c1-21(18(22)23)10-6-5-9-17(21)15-12-20(13-16(15)19)11-14-7-3-2-4-8-14;/h2-4,7-8,15-17H,5-6,9-13,19H2,1H3;1H/p+1/t15?,16-,17?,21?;/m0./s1. The topological polar surface area (TPSA) is 66.6 Å². The molecule has 0 radical (unpaired) electrons. The van der Waals surface area contributed by atoms with E-state index in [4.69, 9.17) is 5.73 Å². The highest BCUT2D eigenvalue weighted by atomic mass is 35.5. The van der Waals surface area contributed by atoms with Gasteiger partial charge in [-0.05, 0) is 18.4 Å². The van der Waals surface area contributed by atoms with Gasteiger partial charge < -0.3 is 10.8 Å². The van der Waals surface area contributed by atoms with Gasteiger partial charge in [0.15, 0.2) is 0 Å². The fourth-order valence-corrected chi connectivity index (χ4v) is 4.44. The Balaban J connectivity index is 0.00000208. The van der Waals surface area contributed by atoms with Crippen LogP contribution >= 0.6 is 12.4 Å². The number of nitrogens with zero attached hydrogens (tertiary/aromatic N) is 2. The predicted molar refractivity (Wildman–Crippen MR) is 97.1 cm³/mol. The number of carbonyl (C=O) groups is 1. The normalized spacial score (nSPS) is 33.8. The van der Waals surface area contributed by atoms with Crippen molar-refractivity contribution in [3.63, 3.8) is 0 Å². The Hall–Kier alpha value is -1.14. The van der Waals surface area contributed by atoms with Gasteiger partial charge in [-0.25, -0.2) is 4.48 Å². The number of halogens is 1. The van der Waals surface area contributed by atoms with Crippen molar-refractivity contribution in [1.29, 1.82) is 0 Å². The van der Waals surface area contributed by atoms with Crippen LogP contribution in [0.25, 0.3) is 0 Å². The first-order chi connectivity index (χ1) is 11.0. The van der Waals surface area contributed by atoms with Crippen molar-refractivity contribution in [3.05, 3.63) is 35.9 Å². The number of hydrogen-bond donors (Lipinski definition) is 2. The molecule has 2 fully saturated rings. The molecule has 24 heavy (non-hydrogen) atoms. The molecule has 3 rings (SSSR count). The van der Waals surface area contributed by atoms with Crippen LogP contribution in [0, 0.1) is 5.92 Å². The molecule has 2 aliphatic heterocycles. The Kier molecular flexibility index (Phi) is 6.26. The van der Waals surface area contributed by atoms with E-state index in [1.807, 2.05) is 13.1 Å². The zero-order chi connectivity index (χ0) is 16.4. The molecule has 0 spiro atoms. The number of piperidine rings is 1. The summed E-state index contributed by atoms with van der Waals surface area (Å²) in [6.45, 7) is 3.38. The van der Waals surface area contributed by atoms with Crippen LogP contribution in [0.1, 0.15) is 24.8 Å². The van der Waals surface area contributed by atoms with Crippen LogP contribution in [-0.2, 0) is 6.54 Å². The molecule has 6 heteroatoms. The lowest BCUT2D eigenvalue weighted by atomic mass is 9.86. The van der Waals surface area contributed by atoms with Gasteiger partial charge in [0.1, 0.15) is 6.04 Å². The molecule has 1 aromatic carbocycles. The maximum atomic E-state index is 11.8. The van der Waals surface area contributed by atoms with E-state index in [0.717, 1.165) is 45.4 Å². The Morgan fingerprint density at radius 3 is 2.67 bits per heavy atom. The summed E-state index contributed by atoms with van der Waals surface area (Å²) in [5, 5.41) is 9.73. The van der Waals surface area contributed by atoms with Crippen LogP contribution in [0.4, 0.5) is 4.79 Å². The summed E-state index contributed by atoms with van der Waals surface area (Å²) in [5.41, 5.74) is 7.72. The molecule has 2 heterocycles. The summed E-state index contributed by atoms with van der Waals surface area (Å²) >= 11 is 0. The van der Waals surface area contributed by atoms with E-state index >= 15 is 0 Å². The maximum Gasteiger partial charge on any atom is 0.513 e. The first-order valence-corrected chi connectivity index (χ1v) is 8.61.